The van der Waals surface area contributed by atoms with Crippen LogP contribution < -0.4 is 0 Å². The molecule has 0 bridgehead atoms. The molecule has 2 aliphatic heterocycles. The predicted octanol–water partition coefficient (Wildman–Crippen LogP) is 2.71. The molecule has 0 radical (unpaired) electrons. The van der Waals surface area contributed by atoms with E-state index >= 15 is 0 Å². The van der Waals surface area contributed by atoms with E-state index in [9.17, 15) is 0 Å². The lowest BCUT2D eigenvalue weighted by Gasteiger charge is -2.21. The molecular weight excluding hydrogens is 278 g/mol. The zero-order valence-electron chi connectivity index (χ0n) is 12.2. The van der Waals surface area contributed by atoms with Crippen LogP contribution >= 0.6 is 11.3 Å². The minimum absolute atomic E-state index is 0.861. The van der Waals surface area contributed by atoms with Gasteiger partial charge in [0.25, 0.3) is 0 Å². The van der Waals surface area contributed by atoms with Crippen LogP contribution in [0.4, 0.5) is 0 Å². The molecule has 0 N–H and O–H groups in total. The molecule has 2 atom stereocenters. The molecule has 0 amide bonds. The van der Waals surface area contributed by atoms with Crippen LogP contribution in [0.1, 0.15) is 11.1 Å². The first kappa shape index (κ1) is 13.4. The third-order valence-corrected chi connectivity index (χ3v) is 5.48. The summed E-state index contributed by atoms with van der Waals surface area (Å²) in [5.74, 6) is 1.72. The number of nitrogens with zero attached hydrogens (tertiary/aromatic N) is 3. The Morgan fingerprint density at radius 2 is 1.71 bits per heavy atom. The van der Waals surface area contributed by atoms with Crippen molar-refractivity contribution in [2.24, 2.45) is 11.8 Å². The highest BCUT2D eigenvalue weighted by Crippen LogP contribution is 2.32. The quantitative estimate of drug-likeness (QED) is 0.865. The minimum atomic E-state index is 0.861. The number of pyridine rings is 1. The van der Waals surface area contributed by atoms with Crippen LogP contribution in [0.5, 0.6) is 0 Å². The summed E-state index contributed by atoms with van der Waals surface area (Å²) in [6.45, 7) is 7.23. The lowest BCUT2D eigenvalue weighted by Crippen LogP contribution is -2.28. The normalized spacial score (nSPS) is 26.3. The lowest BCUT2D eigenvalue weighted by molar-refractivity contribution is 0.246. The Labute approximate surface area is 130 Å². The summed E-state index contributed by atoms with van der Waals surface area (Å²) in [5, 5.41) is 4.46. The third kappa shape index (κ3) is 3.03. The third-order valence-electron chi connectivity index (χ3n) is 4.75. The molecule has 0 unspecified atom stereocenters. The zero-order chi connectivity index (χ0) is 14.1. The van der Waals surface area contributed by atoms with Gasteiger partial charge < -0.3 is 0 Å². The molecule has 3 nitrogen and oxygen atoms in total. The van der Waals surface area contributed by atoms with Crippen LogP contribution in [0.2, 0.25) is 0 Å². The van der Waals surface area contributed by atoms with Gasteiger partial charge in [0.05, 0.1) is 0 Å². The second-order valence-corrected chi connectivity index (χ2v) is 7.18. The van der Waals surface area contributed by atoms with E-state index in [0.29, 0.717) is 0 Å². The summed E-state index contributed by atoms with van der Waals surface area (Å²) in [6.07, 6.45) is 3.85. The van der Waals surface area contributed by atoms with E-state index < -0.39 is 0 Å². The molecule has 110 valence electrons. The number of aromatic nitrogens is 1. The van der Waals surface area contributed by atoms with Gasteiger partial charge in [0.1, 0.15) is 0 Å². The van der Waals surface area contributed by atoms with Crippen LogP contribution in [-0.2, 0) is 13.1 Å². The first-order chi connectivity index (χ1) is 10.4. The summed E-state index contributed by atoms with van der Waals surface area (Å²) in [4.78, 5) is 9.46. The Balaban J connectivity index is 1.31. The fourth-order valence-corrected chi connectivity index (χ4v) is 4.50. The zero-order valence-corrected chi connectivity index (χ0v) is 13.0. The van der Waals surface area contributed by atoms with Gasteiger partial charge in [-0.3, -0.25) is 14.8 Å². The van der Waals surface area contributed by atoms with Gasteiger partial charge in [0.15, 0.2) is 0 Å². The van der Waals surface area contributed by atoms with Gasteiger partial charge in [-0.2, -0.15) is 11.3 Å². The molecule has 2 aromatic rings. The average Bonchev–Trinajstić information content (AvgIpc) is 3.17. The molecule has 2 saturated heterocycles. The van der Waals surface area contributed by atoms with Crippen molar-refractivity contribution in [3.63, 3.8) is 0 Å². The SMILES string of the molecule is c1cncc(CN2C[C@@H]3CN(Cc4ccsc4)C[C@@H]3C2)c1. The van der Waals surface area contributed by atoms with Crippen LogP contribution in [0, 0.1) is 11.8 Å². The number of hydrogen-bond acceptors (Lipinski definition) is 4. The largest absolute Gasteiger partial charge is 0.298 e. The Morgan fingerprint density at radius 3 is 2.29 bits per heavy atom. The molecule has 0 aromatic carbocycles. The maximum Gasteiger partial charge on any atom is 0.0312 e. The van der Waals surface area contributed by atoms with Crippen molar-refractivity contribution in [2.75, 3.05) is 26.2 Å². The van der Waals surface area contributed by atoms with Crippen molar-refractivity contribution in [2.45, 2.75) is 13.1 Å². The average molecular weight is 299 g/mol. The summed E-state index contributed by atoms with van der Waals surface area (Å²) in [6, 6.07) is 6.48. The Hall–Kier alpha value is -1.23. The minimum Gasteiger partial charge on any atom is -0.298 e. The Morgan fingerprint density at radius 1 is 1.00 bits per heavy atom. The summed E-state index contributed by atoms with van der Waals surface area (Å²) in [5.41, 5.74) is 2.82. The van der Waals surface area contributed by atoms with Gasteiger partial charge in [0.2, 0.25) is 0 Å². The van der Waals surface area contributed by atoms with Crippen molar-refractivity contribution in [3.8, 4) is 0 Å². The van der Waals surface area contributed by atoms with Gasteiger partial charge in [-0.1, -0.05) is 6.07 Å². The monoisotopic (exact) mass is 299 g/mol. The summed E-state index contributed by atoms with van der Waals surface area (Å²) in [7, 11) is 0. The van der Waals surface area contributed by atoms with Gasteiger partial charge in [-0.25, -0.2) is 0 Å². The molecule has 2 fully saturated rings. The molecule has 4 heteroatoms. The molecule has 4 rings (SSSR count). The van der Waals surface area contributed by atoms with Crippen molar-refractivity contribution in [1.82, 2.24) is 14.8 Å². The fraction of sp³-hybridized carbons (Fsp3) is 0.471. The van der Waals surface area contributed by atoms with E-state index in [2.05, 4.69) is 37.7 Å². The number of thiophene rings is 1. The lowest BCUT2D eigenvalue weighted by atomic mass is 10.0. The highest BCUT2D eigenvalue weighted by Gasteiger charge is 2.39. The maximum absolute atomic E-state index is 4.22. The van der Waals surface area contributed by atoms with Crippen LogP contribution in [0.25, 0.3) is 0 Å². The van der Waals surface area contributed by atoms with Crippen LogP contribution in [-0.4, -0.2) is 41.0 Å². The predicted molar refractivity (Wildman–Crippen MR) is 86.1 cm³/mol. The van der Waals surface area contributed by atoms with Crippen LogP contribution in [0.15, 0.2) is 41.4 Å². The molecule has 21 heavy (non-hydrogen) atoms. The van der Waals surface area contributed by atoms with E-state index in [-0.39, 0.29) is 0 Å². The number of likely N-dealkylation sites (tertiary alicyclic amines) is 2. The van der Waals surface area contributed by atoms with Crippen molar-refractivity contribution < 1.29 is 0 Å². The van der Waals surface area contributed by atoms with Crippen LogP contribution in [0.3, 0.4) is 0 Å². The standard InChI is InChI=1S/C17H21N3S/c1-2-14(6-18-4-1)7-19-9-16-11-20(12-17(16)10-19)8-15-3-5-21-13-15/h1-6,13,16-17H,7-12H2/t16-,17+. The smallest absolute Gasteiger partial charge is 0.0312 e. The summed E-state index contributed by atoms with van der Waals surface area (Å²) < 4.78 is 0. The maximum atomic E-state index is 4.22. The van der Waals surface area contributed by atoms with E-state index in [1.54, 1.807) is 11.3 Å². The topological polar surface area (TPSA) is 19.4 Å². The van der Waals surface area contributed by atoms with Gasteiger partial charge in [0, 0.05) is 51.7 Å². The van der Waals surface area contributed by atoms with E-state index in [0.717, 1.165) is 24.9 Å². The number of hydrogen-bond donors (Lipinski definition) is 0. The van der Waals surface area contributed by atoms with E-state index in [1.165, 1.54) is 37.3 Å². The number of rotatable bonds is 4. The van der Waals surface area contributed by atoms with Crippen molar-refractivity contribution in [3.05, 3.63) is 52.5 Å². The van der Waals surface area contributed by atoms with E-state index in [1.807, 2.05) is 18.5 Å². The second-order valence-electron chi connectivity index (χ2n) is 6.40. The Bertz CT molecular complexity index is 555. The highest BCUT2D eigenvalue weighted by atomic mass is 32.1. The van der Waals surface area contributed by atoms with Crippen molar-refractivity contribution in [1.29, 1.82) is 0 Å². The molecule has 0 aliphatic carbocycles. The van der Waals surface area contributed by atoms with E-state index in [4.69, 9.17) is 0 Å². The second kappa shape index (κ2) is 5.87. The number of fused-ring (bicyclic) bond motifs is 1. The van der Waals surface area contributed by atoms with Gasteiger partial charge in [-0.15, -0.1) is 0 Å². The molecule has 4 heterocycles. The molecule has 2 aromatic heterocycles. The molecule has 2 aliphatic rings. The van der Waals surface area contributed by atoms with Crippen molar-refractivity contribution >= 4 is 11.3 Å². The van der Waals surface area contributed by atoms with Gasteiger partial charge >= 0.3 is 0 Å². The summed E-state index contributed by atoms with van der Waals surface area (Å²) >= 11 is 1.81. The first-order valence-corrected chi connectivity index (χ1v) is 8.66. The fourth-order valence-electron chi connectivity index (χ4n) is 3.84. The molecule has 0 saturated carbocycles. The Kier molecular flexibility index (Phi) is 3.76. The first-order valence-electron chi connectivity index (χ1n) is 7.71. The molecular formula is C17H21N3S. The van der Waals surface area contributed by atoms with Gasteiger partial charge in [-0.05, 0) is 45.9 Å². The highest BCUT2D eigenvalue weighted by molar-refractivity contribution is 7.07. The molecule has 0 spiro atoms.